The summed E-state index contributed by atoms with van der Waals surface area (Å²) in [5.41, 5.74) is 3.15. The van der Waals surface area contributed by atoms with Crippen LogP contribution in [0.3, 0.4) is 0 Å². The Morgan fingerprint density at radius 3 is 2.59 bits per heavy atom. The average Bonchev–Trinajstić information content (AvgIpc) is 2.69. The maximum atomic E-state index is 11.8. The van der Waals surface area contributed by atoms with E-state index in [1.807, 2.05) is 30.3 Å². The van der Waals surface area contributed by atoms with Gasteiger partial charge in [-0.25, -0.2) is 10.2 Å². The van der Waals surface area contributed by atoms with Gasteiger partial charge in [0.25, 0.3) is 0 Å². The number of hydrazone groups is 1. The third-order valence-electron chi connectivity index (χ3n) is 3.29. The molecule has 0 aromatic heterocycles. The quantitative estimate of drug-likeness (QED) is 0.245. The minimum Gasteiger partial charge on any atom is -0.493 e. The lowest BCUT2D eigenvalue weighted by Gasteiger charge is -2.08. The first kappa shape index (κ1) is 20.3. The van der Waals surface area contributed by atoms with Gasteiger partial charge in [0.15, 0.2) is 11.5 Å². The van der Waals surface area contributed by atoms with E-state index >= 15 is 0 Å². The van der Waals surface area contributed by atoms with Crippen LogP contribution in [0.25, 0.3) is 0 Å². The summed E-state index contributed by atoms with van der Waals surface area (Å²) >= 11 is 1.61. The number of methoxy groups -OCH3 is 2. The minimum atomic E-state index is -0.838. The first-order valence-corrected chi connectivity index (χ1v) is 9.04. The number of hydrogen-bond donors (Lipinski definition) is 1. The molecule has 7 nitrogen and oxygen atoms in total. The summed E-state index contributed by atoms with van der Waals surface area (Å²) in [6, 6.07) is 14.7. The zero-order valence-electron chi connectivity index (χ0n) is 15.0. The van der Waals surface area contributed by atoms with Crippen LogP contribution in [0.5, 0.6) is 11.5 Å². The van der Waals surface area contributed by atoms with Gasteiger partial charge in [-0.05, 0) is 35.9 Å². The average molecular weight is 388 g/mol. The van der Waals surface area contributed by atoms with Crippen molar-refractivity contribution < 1.29 is 23.8 Å². The predicted molar refractivity (Wildman–Crippen MR) is 104 cm³/mol. The van der Waals surface area contributed by atoms with Gasteiger partial charge in [0.1, 0.15) is 0 Å². The second kappa shape index (κ2) is 10.9. The van der Waals surface area contributed by atoms with Gasteiger partial charge in [0.2, 0.25) is 5.91 Å². The number of ether oxygens (including phenoxy) is 3. The molecule has 0 radical (unpaired) electrons. The van der Waals surface area contributed by atoms with Crippen LogP contribution in [0.15, 0.2) is 58.5 Å². The number of rotatable bonds is 8. The monoisotopic (exact) mass is 388 g/mol. The molecule has 8 heteroatoms. The third kappa shape index (κ3) is 7.02. The maximum absolute atomic E-state index is 11.8. The number of hydrogen-bond acceptors (Lipinski definition) is 7. The molecule has 1 amide bonds. The second-order valence-electron chi connectivity index (χ2n) is 5.17. The van der Waals surface area contributed by atoms with Crippen LogP contribution in [0.2, 0.25) is 0 Å². The highest BCUT2D eigenvalue weighted by molar-refractivity contribution is 7.99. The van der Waals surface area contributed by atoms with Crippen molar-refractivity contribution in [3.05, 3.63) is 54.1 Å². The van der Waals surface area contributed by atoms with Crippen LogP contribution < -0.4 is 14.9 Å². The first-order valence-electron chi connectivity index (χ1n) is 8.06. The van der Waals surface area contributed by atoms with E-state index in [0.29, 0.717) is 23.5 Å². The minimum absolute atomic E-state index is 0.174. The van der Waals surface area contributed by atoms with Crippen molar-refractivity contribution in [2.24, 2.45) is 5.10 Å². The molecule has 0 aliphatic carbocycles. The summed E-state index contributed by atoms with van der Waals surface area (Å²) < 4.78 is 14.6. The van der Waals surface area contributed by atoms with Crippen molar-refractivity contribution >= 4 is 30.0 Å². The zero-order valence-corrected chi connectivity index (χ0v) is 15.8. The Morgan fingerprint density at radius 1 is 1.11 bits per heavy atom. The van der Waals surface area contributed by atoms with Crippen molar-refractivity contribution in [2.45, 2.75) is 11.3 Å². The van der Waals surface area contributed by atoms with Crippen molar-refractivity contribution in [2.75, 3.05) is 20.0 Å². The highest BCUT2D eigenvalue weighted by Crippen LogP contribution is 2.27. The summed E-state index contributed by atoms with van der Waals surface area (Å²) in [4.78, 5) is 24.1. The fraction of sp³-hybridized carbons (Fsp3) is 0.211. The first-order chi connectivity index (χ1) is 13.1. The van der Waals surface area contributed by atoms with Crippen LogP contribution in [-0.4, -0.2) is 38.2 Å². The predicted octanol–water partition coefficient (Wildman–Crippen LogP) is 3.47. The van der Waals surface area contributed by atoms with Gasteiger partial charge in [-0.2, -0.15) is 5.10 Å². The van der Waals surface area contributed by atoms with E-state index < -0.39 is 6.16 Å². The largest absolute Gasteiger partial charge is 0.513 e. The van der Waals surface area contributed by atoms with Gasteiger partial charge in [-0.3, -0.25) is 4.79 Å². The molecule has 0 spiro atoms. The summed E-state index contributed by atoms with van der Waals surface area (Å²) in [5, 5.41) is 3.93. The van der Waals surface area contributed by atoms with E-state index in [-0.39, 0.29) is 11.7 Å². The normalized spacial score (nSPS) is 10.4. The van der Waals surface area contributed by atoms with E-state index in [1.165, 1.54) is 20.4 Å². The van der Waals surface area contributed by atoms with Gasteiger partial charge < -0.3 is 14.2 Å². The highest BCUT2D eigenvalue weighted by atomic mass is 32.2. The van der Waals surface area contributed by atoms with E-state index in [1.54, 1.807) is 30.0 Å². The van der Waals surface area contributed by atoms with E-state index in [9.17, 15) is 9.59 Å². The molecule has 0 bridgehead atoms. The molecular formula is C19H20N2O5S. The molecule has 27 heavy (non-hydrogen) atoms. The molecule has 2 aromatic carbocycles. The summed E-state index contributed by atoms with van der Waals surface area (Å²) in [7, 11) is 2.67. The lowest BCUT2D eigenvalue weighted by molar-refractivity contribution is -0.120. The standard InChI is InChI=1S/C19H20N2O5S/c1-24-17-12-14(8-9-16(17)26-19(23)25-2)13-20-21-18(22)10-11-27-15-6-4-3-5-7-15/h3-9,12-13H,10-11H2,1-2H3,(H,21,22)/b20-13+. The van der Waals surface area contributed by atoms with E-state index in [2.05, 4.69) is 15.3 Å². The molecule has 0 saturated carbocycles. The molecule has 0 aliphatic rings. The van der Waals surface area contributed by atoms with E-state index in [0.717, 1.165) is 4.90 Å². The van der Waals surface area contributed by atoms with Crippen molar-refractivity contribution in [1.82, 2.24) is 5.43 Å². The van der Waals surface area contributed by atoms with Crippen LogP contribution in [0.1, 0.15) is 12.0 Å². The fourth-order valence-electron chi connectivity index (χ4n) is 1.99. The van der Waals surface area contributed by atoms with Gasteiger partial charge in [-0.15, -0.1) is 11.8 Å². The SMILES string of the molecule is COC(=O)Oc1ccc(/C=N/NC(=O)CCSc2ccccc2)cc1OC. The number of carbonyl (C=O) groups excluding carboxylic acids is 2. The molecule has 0 atom stereocenters. The maximum Gasteiger partial charge on any atom is 0.513 e. The molecular weight excluding hydrogens is 368 g/mol. The Balaban J connectivity index is 1.82. The van der Waals surface area contributed by atoms with Crippen LogP contribution >= 0.6 is 11.8 Å². The molecule has 0 saturated heterocycles. The van der Waals surface area contributed by atoms with Crippen molar-refractivity contribution in [3.8, 4) is 11.5 Å². The number of amides is 1. The Labute approximate surface area is 161 Å². The summed E-state index contributed by atoms with van der Waals surface area (Å²) in [5.74, 6) is 1.06. The van der Waals surface area contributed by atoms with Gasteiger partial charge in [-0.1, -0.05) is 18.2 Å². The van der Waals surface area contributed by atoms with Gasteiger partial charge in [0.05, 0.1) is 20.4 Å². The molecule has 2 aromatic rings. The fourth-order valence-corrected chi connectivity index (χ4v) is 2.87. The van der Waals surface area contributed by atoms with Gasteiger partial charge in [0, 0.05) is 17.1 Å². The van der Waals surface area contributed by atoms with Crippen LogP contribution in [-0.2, 0) is 9.53 Å². The Morgan fingerprint density at radius 2 is 1.89 bits per heavy atom. The molecule has 0 fully saturated rings. The second-order valence-corrected chi connectivity index (χ2v) is 6.34. The molecule has 1 N–H and O–H groups in total. The lowest BCUT2D eigenvalue weighted by atomic mass is 10.2. The Bertz CT molecular complexity index is 796. The van der Waals surface area contributed by atoms with Crippen molar-refractivity contribution in [1.29, 1.82) is 0 Å². The molecule has 2 rings (SSSR count). The number of benzene rings is 2. The van der Waals surface area contributed by atoms with Crippen LogP contribution in [0, 0.1) is 0 Å². The zero-order chi connectivity index (χ0) is 19.5. The van der Waals surface area contributed by atoms with Crippen LogP contribution in [0.4, 0.5) is 4.79 Å². The van der Waals surface area contributed by atoms with Gasteiger partial charge >= 0.3 is 6.16 Å². The number of thioether (sulfide) groups is 1. The number of nitrogens with one attached hydrogen (secondary N) is 1. The smallest absolute Gasteiger partial charge is 0.493 e. The number of nitrogens with zero attached hydrogens (tertiary/aromatic N) is 1. The van der Waals surface area contributed by atoms with Crippen molar-refractivity contribution in [3.63, 3.8) is 0 Å². The number of carbonyl (C=O) groups is 2. The topological polar surface area (TPSA) is 86.2 Å². The third-order valence-corrected chi connectivity index (χ3v) is 4.31. The highest BCUT2D eigenvalue weighted by Gasteiger charge is 2.10. The molecule has 0 aliphatic heterocycles. The Kier molecular flexibility index (Phi) is 8.18. The van der Waals surface area contributed by atoms with E-state index in [4.69, 9.17) is 9.47 Å². The molecule has 0 unspecified atom stereocenters. The molecule has 142 valence electrons. The lowest BCUT2D eigenvalue weighted by Crippen LogP contribution is -2.17. The summed E-state index contributed by atoms with van der Waals surface area (Å²) in [6.45, 7) is 0. The summed E-state index contributed by atoms with van der Waals surface area (Å²) in [6.07, 6.45) is 0.995. The Hall–Kier alpha value is -3.00. The molecule has 0 heterocycles.